The van der Waals surface area contributed by atoms with Gasteiger partial charge in [0.2, 0.25) is 0 Å². The number of nitrogens with zero attached hydrogens (tertiary/aromatic N) is 4. The van der Waals surface area contributed by atoms with E-state index < -0.39 is 4.92 Å². The number of H-pyrrole nitrogens is 1. The predicted octanol–water partition coefficient (Wildman–Crippen LogP) is 5.76. The SMILES string of the molecule is O=c1c(N=Nc2ccc(I)cc2)c(-c2ccc([N+](=O)[O-])cc2)[nH]n1-c1ccccc1. The van der Waals surface area contributed by atoms with Crippen LogP contribution < -0.4 is 5.56 Å². The van der Waals surface area contributed by atoms with Gasteiger partial charge in [-0.1, -0.05) is 18.2 Å². The van der Waals surface area contributed by atoms with Crippen LogP contribution in [0.4, 0.5) is 17.1 Å². The molecule has 4 rings (SSSR count). The molecule has 0 radical (unpaired) electrons. The van der Waals surface area contributed by atoms with Gasteiger partial charge in [0, 0.05) is 21.3 Å². The molecule has 4 aromatic rings. The summed E-state index contributed by atoms with van der Waals surface area (Å²) in [4.78, 5) is 23.6. The zero-order chi connectivity index (χ0) is 21.1. The summed E-state index contributed by atoms with van der Waals surface area (Å²) in [5, 5.41) is 22.4. The van der Waals surface area contributed by atoms with Crippen molar-refractivity contribution in [1.82, 2.24) is 9.78 Å². The Hall–Kier alpha value is -3.60. The van der Waals surface area contributed by atoms with E-state index in [-0.39, 0.29) is 16.9 Å². The first kappa shape index (κ1) is 19.7. The maximum atomic E-state index is 13.1. The van der Waals surface area contributed by atoms with Crippen molar-refractivity contribution in [2.45, 2.75) is 0 Å². The van der Waals surface area contributed by atoms with Crippen LogP contribution in [-0.4, -0.2) is 14.7 Å². The molecule has 1 aromatic heterocycles. The molecule has 0 aliphatic rings. The van der Waals surface area contributed by atoms with Crippen LogP contribution in [0.2, 0.25) is 0 Å². The molecule has 0 saturated heterocycles. The van der Waals surface area contributed by atoms with E-state index >= 15 is 0 Å². The van der Waals surface area contributed by atoms with E-state index in [0.717, 1.165) is 3.57 Å². The number of rotatable bonds is 5. The summed E-state index contributed by atoms with van der Waals surface area (Å²) in [5.41, 5.74) is 1.97. The Labute approximate surface area is 184 Å². The third-order valence-electron chi connectivity index (χ3n) is 4.34. The molecule has 1 heterocycles. The molecule has 9 heteroatoms. The number of nitro benzene ring substituents is 1. The number of para-hydroxylation sites is 1. The predicted molar refractivity (Wildman–Crippen MR) is 122 cm³/mol. The van der Waals surface area contributed by atoms with Crippen LogP contribution in [0.1, 0.15) is 0 Å². The molecule has 0 spiro atoms. The molecular weight excluding hydrogens is 497 g/mol. The lowest BCUT2D eigenvalue weighted by molar-refractivity contribution is -0.384. The lowest BCUT2D eigenvalue weighted by Crippen LogP contribution is -2.13. The van der Waals surface area contributed by atoms with Gasteiger partial charge in [0.25, 0.3) is 11.2 Å². The average Bonchev–Trinajstić information content (AvgIpc) is 3.10. The van der Waals surface area contributed by atoms with Gasteiger partial charge in [0.05, 0.1) is 22.0 Å². The van der Waals surface area contributed by atoms with Crippen molar-refractivity contribution in [3.05, 3.63) is 103 Å². The normalized spacial score (nSPS) is 11.1. The molecule has 30 heavy (non-hydrogen) atoms. The van der Waals surface area contributed by atoms with E-state index in [1.54, 1.807) is 36.4 Å². The standard InChI is InChI=1S/C21H14IN5O3/c22-15-8-10-16(11-9-15)23-24-20-19(14-6-12-18(13-7-14)27(29)30)25-26(21(20)28)17-4-2-1-3-5-17/h1-13,25H. The first-order valence-electron chi connectivity index (χ1n) is 8.85. The highest BCUT2D eigenvalue weighted by molar-refractivity contribution is 14.1. The summed E-state index contributed by atoms with van der Waals surface area (Å²) < 4.78 is 2.44. The molecule has 0 aliphatic carbocycles. The highest BCUT2D eigenvalue weighted by Crippen LogP contribution is 2.29. The van der Waals surface area contributed by atoms with Crippen LogP contribution in [0.15, 0.2) is 93.9 Å². The van der Waals surface area contributed by atoms with Gasteiger partial charge in [-0.05, 0) is 71.1 Å². The number of halogens is 1. The summed E-state index contributed by atoms with van der Waals surface area (Å²) >= 11 is 2.19. The fourth-order valence-electron chi connectivity index (χ4n) is 2.85. The van der Waals surface area contributed by atoms with Crippen molar-refractivity contribution in [2.75, 3.05) is 0 Å². The second kappa shape index (κ2) is 8.41. The Balaban J connectivity index is 1.84. The summed E-state index contributed by atoms with van der Waals surface area (Å²) in [6.45, 7) is 0. The number of nitrogens with one attached hydrogen (secondary N) is 1. The monoisotopic (exact) mass is 511 g/mol. The van der Waals surface area contributed by atoms with Gasteiger partial charge in [0.1, 0.15) is 0 Å². The minimum absolute atomic E-state index is 0.0364. The lowest BCUT2D eigenvalue weighted by atomic mass is 10.1. The Kier molecular flexibility index (Phi) is 5.53. The van der Waals surface area contributed by atoms with Crippen LogP contribution in [0, 0.1) is 13.7 Å². The summed E-state index contributed by atoms with van der Waals surface area (Å²) in [6.07, 6.45) is 0. The molecule has 0 unspecified atom stereocenters. The molecule has 3 aromatic carbocycles. The largest absolute Gasteiger partial charge is 0.299 e. The van der Waals surface area contributed by atoms with E-state index in [4.69, 9.17) is 0 Å². The Morgan fingerprint density at radius 2 is 1.57 bits per heavy atom. The quantitative estimate of drug-likeness (QED) is 0.159. The molecule has 0 atom stereocenters. The molecule has 1 N–H and O–H groups in total. The molecule has 0 saturated carbocycles. The van der Waals surface area contributed by atoms with Gasteiger partial charge in [-0.15, -0.1) is 5.11 Å². The van der Waals surface area contributed by atoms with Gasteiger partial charge in [-0.25, -0.2) is 4.68 Å². The van der Waals surface area contributed by atoms with Gasteiger partial charge >= 0.3 is 0 Å². The first-order valence-corrected chi connectivity index (χ1v) is 9.93. The summed E-state index contributed by atoms with van der Waals surface area (Å²) in [5.74, 6) is 0. The van der Waals surface area contributed by atoms with Crippen LogP contribution in [0.3, 0.4) is 0 Å². The highest BCUT2D eigenvalue weighted by Gasteiger charge is 2.18. The number of nitro groups is 1. The van der Waals surface area contributed by atoms with Crippen molar-refractivity contribution in [3.8, 4) is 16.9 Å². The van der Waals surface area contributed by atoms with E-state index in [0.29, 0.717) is 22.6 Å². The zero-order valence-corrected chi connectivity index (χ0v) is 17.6. The van der Waals surface area contributed by atoms with Crippen molar-refractivity contribution >= 4 is 39.7 Å². The maximum absolute atomic E-state index is 13.1. The number of azo groups is 1. The topological polar surface area (TPSA) is 106 Å². The van der Waals surface area contributed by atoms with Crippen molar-refractivity contribution in [1.29, 1.82) is 0 Å². The molecule has 0 fully saturated rings. The first-order chi connectivity index (χ1) is 14.5. The minimum atomic E-state index is -0.473. The maximum Gasteiger partial charge on any atom is 0.299 e. The molecule has 0 bridgehead atoms. The number of benzene rings is 3. The average molecular weight is 511 g/mol. The van der Waals surface area contributed by atoms with Gasteiger partial charge < -0.3 is 0 Å². The molecule has 148 valence electrons. The van der Waals surface area contributed by atoms with Crippen LogP contribution in [-0.2, 0) is 0 Å². The van der Waals surface area contributed by atoms with E-state index in [2.05, 4.69) is 37.9 Å². The molecule has 8 nitrogen and oxygen atoms in total. The third kappa shape index (κ3) is 4.06. The number of non-ortho nitro benzene ring substituents is 1. The fourth-order valence-corrected chi connectivity index (χ4v) is 3.21. The number of aromatic nitrogens is 2. The molecular formula is C21H14IN5O3. The molecule has 0 amide bonds. The van der Waals surface area contributed by atoms with Crippen molar-refractivity contribution in [3.63, 3.8) is 0 Å². The highest BCUT2D eigenvalue weighted by atomic mass is 127. The summed E-state index contributed by atoms with van der Waals surface area (Å²) in [7, 11) is 0. The second-order valence-electron chi connectivity index (χ2n) is 6.29. The Bertz CT molecular complexity index is 1280. The van der Waals surface area contributed by atoms with Crippen molar-refractivity contribution in [2.24, 2.45) is 10.2 Å². The van der Waals surface area contributed by atoms with Crippen molar-refractivity contribution < 1.29 is 4.92 Å². The second-order valence-corrected chi connectivity index (χ2v) is 7.54. The van der Waals surface area contributed by atoms with Crippen LogP contribution in [0.25, 0.3) is 16.9 Å². The summed E-state index contributed by atoms with van der Waals surface area (Å²) in [6, 6.07) is 22.4. The Morgan fingerprint density at radius 1 is 0.900 bits per heavy atom. The van der Waals surface area contributed by atoms with E-state index in [1.165, 1.54) is 16.8 Å². The number of aromatic amines is 1. The van der Waals surface area contributed by atoms with Gasteiger partial charge in [-0.3, -0.25) is 20.0 Å². The lowest BCUT2D eigenvalue weighted by Gasteiger charge is -2.01. The number of hydrogen-bond acceptors (Lipinski definition) is 5. The van der Waals surface area contributed by atoms with Gasteiger partial charge in [0.15, 0.2) is 5.69 Å². The van der Waals surface area contributed by atoms with E-state index in [1.807, 2.05) is 30.3 Å². The zero-order valence-electron chi connectivity index (χ0n) is 15.4. The van der Waals surface area contributed by atoms with Crippen LogP contribution in [0.5, 0.6) is 0 Å². The molecule has 0 aliphatic heterocycles. The fraction of sp³-hybridized carbons (Fsp3) is 0. The van der Waals surface area contributed by atoms with Crippen LogP contribution >= 0.6 is 22.6 Å². The number of hydrogen-bond donors (Lipinski definition) is 1. The minimum Gasteiger partial charge on any atom is -0.288 e. The smallest absolute Gasteiger partial charge is 0.288 e. The van der Waals surface area contributed by atoms with Gasteiger partial charge in [-0.2, -0.15) is 5.11 Å². The Morgan fingerprint density at radius 3 is 2.20 bits per heavy atom. The van der Waals surface area contributed by atoms with E-state index in [9.17, 15) is 14.9 Å². The third-order valence-corrected chi connectivity index (χ3v) is 5.06.